The van der Waals surface area contributed by atoms with Crippen LogP contribution in [-0.4, -0.2) is 21.1 Å². The Kier molecular flexibility index (Phi) is 4.42. The molecule has 1 N–H and O–H groups in total. The van der Waals surface area contributed by atoms with Crippen molar-refractivity contribution < 1.29 is 9.53 Å². The number of hydrogen-bond donors (Lipinski definition) is 1. The first-order chi connectivity index (χ1) is 10.8. The molecule has 7 heteroatoms. The van der Waals surface area contributed by atoms with E-state index in [1.165, 1.54) is 17.1 Å². The first kappa shape index (κ1) is 16.4. The molecule has 1 amide bonds. The summed E-state index contributed by atoms with van der Waals surface area (Å²) in [5.74, 6) is 0. The molecule has 1 aliphatic rings. The Morgan fingerprint density at radius 2 is 2.22 bits per heavy atom. The Morgan fingerprint density at radius 1 is 1.43 bits per heavy atom. The van der Waals surface area contributed by atoms with Crippen LogP contribution in [0.5, 0.6) is 0 Å². The number of aromatic nitrogens is 2. The van der Waals surface area contributed by atoms with Gasteiger partial charge in [0.2, 0.25) is 4.73 Å². The Hall–Kier alpha value is -1.47. The van der Waals surface area contributed by atoms with Crippen LogP contribution in [0.15, 0.2) is 22.9 Å². The van der Waals surface area contributed by atoms with Gasteiger partial charge in [-0.3, -0.25) is 0 Å². The van der Waals surface area contributed by atoms with Crippen molar-refractivity contribution in [1.29, 1.82) is 0 Å². The number of halogens is 1. The third-order valence-corrected chi connectivity index (χ3v) is 4.93. The zero-order valence-corrected chi connectivity index (χ0v) is 15.6. The topological polar surface area (TPSA) is 64.1 Å². The van der Waals surface area contributed by atoms with Crippen LogP contribution in [0.3, 0.4) is 0 Å². The minimum Gasteiger partial charge on any atom is -0.444 e. The van der Waals surface area contributed by atoms with E-state index in [1.807, 2.05) is 26.8 Å². The molecule has 0 unspecified atom stereocenters. The molecule has 5 nitrogen and oxygen atoms in total. The molecule has 23 heavy (non-hydrogen) atoms. The zero-order valence-electron chi connectivity index (χ0n) is 13.2. The van der Waals surface area contributed by atoms with E-state index in [0.717, 1.165) is 29.0 Å². The summed E-state index contributed by atoms with van der Waals surface area (Å²) >= 11 is 4.67. The summed E-state index contributed by atoms with van der Waals surface area (Å²) < 4.78 is 10.1. The van der Waals surface area contributed by atoms with Gasteiger partial charge in [0.25, 0.3) is 0 Å². The van der Waals surface area contributed by atoms with Crippen LogP contribution < -0.4 is 5.32 Å². The Labute approximate surface area is 147 Å². The van der Waals surface area contributed by atoms with Gasteiger partial charge < -0.3 is 10.1 Å². The summed E-state index contributed by atoms with van der Waals surface area (Å²) in [6, 6.07) is 6.10. The van der Waals surface area contributed by atoms with E-state index < -0.39 is 5.60 Å². The number of ether oxygens (including phenoxy) is 1. The Bertz CT molecular complexity index is 739. The maximum absolute atomic E-state index is 12.0. The summed E-state index contributed by atoms with van der Waals surface area (Å²) in [4.78, 5) is 16.4. The molecule has 0 saturated carbocycles. The molecule has 0 bridgehead atoms. The molecular formula is C16H18BrN3O2S. The summed E-state index contributed by atoms with van der Waals surface area (Å²) in [7, 11) is 0. The Morgan fingerprint density at radius 3 is 2.87 bits per heavy atom. The van der Waals surface area contributed by atoms with Crippen molar-refractivity contribution in [3.05, 3.63) is 34.1 Å². The van der Waals surface area contributed by atoms with E-state index in [-0.39, 0.29) is 12.1 Å². The van der Waals surface area contributed by atoms with E-state index in [4.69, 9.17) is 4.74 Å². The average molecular weight is 396 g/mol. The minimum absolute atomic E-state index is 0.0174. The van der Waals surface area contributed by atoms with Crippen LogP contribution in [0.1, 0.15) is 44.4 Å². The number of alkyl carbamates (subject to hydrolysis) is 1. The van der Waals surface area contributed by atoms with E-state index >= 15 is 0 Å². The smallest absolute Gasteiger partial charge is 0.408 e. The molecular weight excluding hydrogens is 378 g/mol. The second-order valence-corrected chi connectivity index (χ2v) is 7.94. The van der Waals surface area contributed by atoms with E-state index in [2.05, 4.69) is 42.7 Å². The van der Waals surface area contributed by atoms with Crippen LogP contribution in [0.4, 0.5) is 4.79 Å². The van der Waals surface area contributed by atoms with Crippen LogP contribution in [-0.2, 0) is 11.2 Å². The molecule has 1 aromatic carbocycles. The number of amides is 1. The fraction of sp³-hybridized carbons (Fsp3) is 0.438. The molecule has 122 valence electrons. The highest BCUT2D eigenvalue weighted by Gasteiger charge is 2.28. The van der Waals surface area contributed by atoms with Crippen LogP contribution in [0.2, 0.25) is 0 Å². The highest BCUT2D eigenvalue weighted by Crippen LogP contribution is 2.38. The van der Waals surface area contributed by atoms with Crippen molar-refractivity contribution in [2.45, 2.75) is 45.3 Å². The van der Waals surface area contributed by atoms with E-state index in [9.17, 15) is 4.79 Å². The van der Waals surface area contributed by atoms with Crippen molar-refractivity contribution in [3.63, 3.8) is 0 Å². The highest BCUT2D eigenvalue weighted by molar-refractivity contribution is 9.10. The van der Waals surface area contributed by atoms with Crippen molar-refractivity contribution >= 4 is 33.6 Å². The quantitative estimate of drug-likeness (QED) is 0.813. The van der Waals surface area contributed by atoms with Gasteiger partial charge in [0.15, 0.2) is 0 Å². The first-order valence-corrected chi connectivity index (χ1v) is 9.01. The molecule has 0 aliphatic heterocycles. The monoisotopic (exact) mass is 395 g/mol. The van der Waals surface area contributed by atoms with Gasteiger partial charge >= 0.3 is 6.09 Å². The van der Waals surface area contributed by atoms with E-state index in [0.29, 0.717) is 4.73 Å². The summed E-state index contributed by atoms with van der Waals surface area (Å²) in [6.45, 7) is 5.59. The predicted molar refractivity (Wildman–Crippen MR) is 93.5 cm³/mol. The van der Waals surface area contributed by atoms with Crippen molar-refractivity contribution in [1.82, 2.24) is 14.7 Å². The lowest BCUT2D eigenvalue weighted by Gasteiger charge is -2.22. The molecule has 3 rings (SSSR count). The predicted octanol–water partition coefficient (Wildman–Crippen LogP) is 4.48. The fourth-order valence-corrected chi connectivity index (χ4v) is 3.90. The lowest BCUT2D eigenvalue weighted by atomic mass is 10.0. The zero-order chi connectivity index (χ0) is 16.6. The van der Waals surface area contributed by atoms with Gasteiger partial charge in [-0.1, -0.05) is 18.2 Å². The fourth-order valence-electron chi connectivity index (χ4n) is 2.77. The first-order valence-electron chi connectivity index (χ1n) is 7.44. The Balaban J connectivity index is 1.82. The number of carbonyl (C=O) groups excluding carboxylic acids is 1. The molecule has 1 aromatic heterocycles. The minimum atomic E-state index is -0.494. The van der Waals surface area contributed by atoms with Crippen molar-refractivity contribution in [2.75, 3.05) is 0 Å². The van der Waals surface area contributed by atoms with Gasteiger partial charge in [0, 0.05) is 5.56 Å². The molecule has 1 aliphatic carbocycles. The normalized spacial score (nSPS) is 17.0. The summed E-state index contributed by atoms with van der Waals surface area (Å²) in [6.07, 6.45) is 1.40. The SMILES string of the molecule is CC(C)(C)OC(=O)N[C@H]1CCc2c(-c3nc(Br)ns3)cccc21. The third-order valence-electron chi connectivity index (χ3n) is 3.59. The van der Waals surface area contributed by atoms with Gasteiger partial charge in [-0.25, -0.2) is 9.78 Å². The maximum atomic E-state index is 12.0. The number of nitrogens with one attached hydrogen (secondary N) is 1. The second-order valence-electron chi connectivity index (χ2n) is 6.48. The molecule has 1 atom stereocenters. The van der Waals surface area contributed by atoms with Crippen molar-refractivity contribution in [3.8, 4) is 10.6 Å². The molecule has 0 saturated heterocycles. The van der Waals surface area contributed by atoms with E-state index in [1.54, 1.807) is 0 Å². The highest BCUT2D eigenvalue weighted by atomic mass is 79.9. The molecule has 0 radical (unpaired) electrons. The number of nitrogens with zero attached hydrogens (tertiary/aromatic N) is 2. The standard InChI is InChI=1S/C16H18BrN3O2S/c1-16(2,3)22-15(21)18-12-8-7-9-10(12)5-4-6-11(9)13-19-14(17)20-23-13/h4-6,12H,7-8H2,1-3H3,(H,18,21)/t12-/m0/s1. The lowest BCUT2D eigenvalue weighted by Crippen LogP contribution is -2.34. The van der Waals surface area contributed by atoms with Gasteiger partial charge in [0.1, 0.15) is 10.6 Å². The largest absolute Gasteiger partial charge is 0.444 e. The van der Waals surface area contributed by atoms with Crippen LogP contribution in [0, 0.1) is 0 Å². The number of fused-ring (bicyclic) bond motifs is 1. The second kappa shape index (κ2) is 6.20. The summed E-state index contributed by atoms with van der Waals surface area (Å²) in [5.41, 5.74) is 2.97. The lowest BCUT2D eigenvalue weighted by molar-refractivity contribution is 0.0503. The van der Waals surface area contributed by atoms with Crippen molar-refractivity contribution in [2.24, 2.45) is 0 Å². The average Bonchev–Trinajstić information content (AvgIpc) is 3.03. The van der Waals surface area contributed by atoms with Gasteiger partial charge in [0.05, 0.1) is 6.04 Å². The molecule has 0 spiro atoms. The number of rotatable bonds is 2. The number of carbonyl (C=O) groups is 1. The van der Waals surface area contributed by atoms with Gasteiger partial charge in [-0.15, -0.1) is 0 Å². The molecule has 2 aromatic rings. The number of benzene rings is 1. The van der Waals surface area contributed by atoms with Gasteiger partial charge in [-0.05, 0) is 72.2 Å². The van der Waals surface area contributed by atoms with Crippen LogP contribution >= 0.6 is 27.5 Å². The van der Waals surface area contributed by atoms with Gasteiger partial charge in [-0.2, -0.15) is 4.37 Å². The molecule has 0 fully saturated rings. The maximum Gasteiger partial charge on any atom is 0.408 e. The number of hydrogen-bond acceptors (Lipinski definition) is 5. The summed E-state index contributed by atoms with van der Waals surface area (Å²) in [5, 5.41) is 3.87. The molecule has 1 heterocycles. The van der Waals surface area contributed by atoms with Crippen LogP contribution in [0.25, 0.3) is 10.6 Å². The third kappa shape index (κ3) is 3.72.